The van der Waals surface area contributed by atoms with E-state index in [4.69, 9.17) is 20.3 Å². The quantitative estimate of drug-likeness (QED) is 0.606. The number of carbonyl (C=O) groups is 2. The highest BCUT2D eigenvalue weighted by Gasteiger charge is 2.18. The lowest BCUT2D eigenvalue weighted by molar-refractivity contribution is -0.146. The van der Waals surface area contributed by atoms with Gasteiger partial charge in [-0.05, 0) is 26.0 Å². The van der Waals surface area contributed by atoms with E-state index < -0.39 is 18.0 Å². The fourth-order valence-corrected chi connectivity index (χ4v) is 1.27. The van der Waals surface area contributed by atoms with Gasteiger partial charge in [0.2, 0.25) is 0 Å². The Bertz CT molecular complexity index is 458. The minimum atomic E-state index is -1.21. The molecule has 0 aliphatic rings. The van der Waals surface area contributed by atoms with Gasteiger partial charge < -0.3 is 20.3 Å². The lowest BCUT2D eigenvalue weighted by atomic mass is 10.2. The molecule has 0 aliphatic heterocycles. The van der Waals surface area contributed by atoms with Crippen molar-refractivity contribution in [3.05, 3.63) is 23.8 Å². The maximum Gasteiger partial charge on any atom is 0.344 e. The highest BCUT2D eigenvalue weighted by molar-refractivity contribution is 5.92. The third kappa shape index (κ3) is 3.65. The number of rotatable bonds is 5. The van der Waals surface area contributed by atoms with Crippen LogP contribution in [0.4, 0.5) is 5.69 Å². The van der Waals surface area contributed by atoms with E-state index >= 15 is 0 Å². The molecule has 18 heavy (non-hydrogen) atoms. The van der Waals surface area contributed by atoms with Gasteiger partial charge in [0.1, 0.15) is 5.75 Å². The molecular weight excluding hydrogens is 238 g/mol. The first kappa shape index (κ1) is 13.8. The Morgan fingerprint density at radius 1 is 1.39 bits per heavy atom. The summed E-state index contributed by atoms with van der Waals surface area (Å²) in [5.74, 6) is -1.53. The zero-order chi connectivity index (χ0) is 13.7. The van der Waals surface area contributed by atoms with Gasteiger partial charge in [0.05, 0.1) is 12.2 Å². The van der Waals surface area contributed by atoms with Crippen LogP contribution in [0.3, 0.4) is 0 Å². The van der Waals surface area contributed by atoms with E-state index in [0.29, 0.717) is 18.0 Å². The molecule has 0 spiro atoms. The Morgan fingerprint density at radius 3 is 2.61 bits per heavy atom. The van der Waals surface area contributed by atoms with Crippen LogP contribution in [0.5, 0.6) is 5.75 Å². The van der Waals surface area contributed by atoms with Gasteiger partial charge in [-0.25, -0.2) is 9.59 Å². The monoisotopic (exact) mass is 253 g/mol. The number of carboxylic acid groups (broad SMARTS) is 1. The summed E-state index contributed by atoms with van der Waals surface area (Å²) in [4.78, 5) is 22.2. The largest absolute Gasteiger partial charge is 0.494 e. The van der Waals surface area contributed by atoms with Crippen molar-refractivity contribution >= 4 is 17.6 Å². The molecule has 1 rings (SSSR count). The average molecular weight is 253 g/mol. The molecule has 0 heterocycles. The fraction of sp³-hybridized carbons (Fsp3) is 0.333. The minimum absolute atomic E-state index is 0.159. The molecule has 0 fully saturated rings. The van der Waals surface area contributed by atoms with E-state index in [1.54, 1.807) is 13.0 Å². The second-order valence-electron chi connectivity index (χ2n) is 3.61. The topological polar surface area (TPSA) is 98.9 Å². The van der Waals surface area contributed by atoms with Crippen LogP contribution in [0.2, 0.25) is 0 Å². The van der Waals surface area contributed by atoms with Gasteiger partial charge in [-0.1, -0.05) is 0 Å². The van der Waals surface area contributed by atoms with Crippen LogP contribution in [-0.4, -0.2) is 29.8 Å². The molecule has 0 aromatic heterocycles. The molecule has 1 aromatic rings. The maximum absolute atomic E-state index is 11.7. The van der Waals surface area contributed by atoms with Crippen molar-refractivity contribution in [1.82, 2.24) is 0 Å². The minimum Gasteiger partial charge on any atom is -0.494 e. The second-order valence-corrected chi connectivity index (χ2v) is 3.61. The van der Waals surface area contributed by atoms with Crippen molar-refractivity contribution in [3.8, 4) is 5.75 Å². The van der Waals surface area contributed by atoms with E-state index in [1.165, 1.54) is 19.1 Å². The number of hydrogen-bond acceptors (Lipinski definition) is 5. The zero-order valence-corrected chi connectivity index (χ0v) is 10.2. The van der Waals surface area contributed by atoms with Crippen LogP contribution in [0.15, 0.2) is 18.2 Å². The number of carboxylic acids is 1. The first-order valence-electron chi connectivity index (χ1n) is 5.41. The summed E-state index contributed by atoms with van der Waals surface area (Å²) < 4.78 is 9.96. The highest BCUT2D eigenvalue weighted by Crippen LogP contribution is 2.20. The molecule has 98 valence electrons. The van der Waals surface area contributed by atoms with Crippen LogP contribution in [0, 0.1) is 0 Å². The SMILES string of the molecule is CCOc1cc(N)cc(C(=O)OC(C)C(=O)O)c1. The van der Waals surface area contributed by atoms with E-state index in [0.717, 1.165) is 0 Å². The van der Waals surface area contributed by atoms with Gasteiger partial charge in [-0.15, -0.1) is 0 Å². The molecule has 1 atom stereocenters. The molecule has 0 aliphatic carbocycles. The summed E-state index contributed by atoms with van der Waals surface area (Å²) in [5, 5.41) is 8.64. The summed E-state index contributed by atoms with van der Waals surface area (Å²) in [6, 6.07) is 4.43. The van der Waals surface area contributed by atoms with Crippen LogP contribution >= 0.6 is 0 Å². The van der Waals surface area contributed by atoms with E-state index in [2.05, 4.69) is 0 Å². The number of carbonyl (C=O) groups excluding carboxylic acids is 1. The second kappa shape index (κ2) is 5.90. The number of anilines is 1. The molecule has 6 heteroatoms. The Hall–Kier alpha value is -2.24. The predicted molar refractivity (Wildman–Crippen MR) is 64.5 cm³/mol. The van der Waals surface area contributed by atoms with Gasteiger partial charge in [-0.3, -0.25) is 0 Å². The van der Waals surface area contributed by atoms with Crippen molar-refractivity contribution in [2.75, 3.05) is 12.3 Å². The summed E-state index contributed by atoms with van der Waals surface area (Å²) in [6.07, 6.45) is -1.21. The molecule has 6 nitrogen and oxygen atoms in total. The normalized spacial score (nSPS) is 11.7. The molecule has 0 bridgehead atoms. The van der Waals surface area contributed by atoms with Crippen molar-refractivity contribution in [2.45, 2.75) is 20.0 Å². The maximum atomic E-state index is 11.7. The first-order chi connectivity index (χ1) is 8.43. The third-order valence-corrected chi connectivity index (χ3v) is 2.11. The summed E-state index contributed by atoms with van der Waals surface area (Å²) in [6.45, 7) is 3.51. The average Bonchev–Trinajstić information content (AvgIpc) is 2.28. The van der Waals surface area contributed by atoms with Crippen molar-refractivity contribution in [1.29, 1.82) is 0 Å². The molecule has 3 N–H and O–H groups in total. The van der Waals surface area contributed by atoms with Gasteiger partial charge in [0.25, 0.3) is 0 Å². The Labute approximate surface area is 104 Å². The Balaban J connectivity index is 2.88. The van der Waals surface area contributed by atoms with E-state index in [1.807, 2.05) is 0 Å². The Kier molecular flexibility index (Phi) is 4.53. The highest BCUT2D eigenvalue weighted by atomic mass is 16.6. The van der Waals surface area contributed by atoms with E-state index in [-0.39, 0.29) is 5.56 Å². The zero-order valence-electron chi connectivity index (χ0n) is 10.2. The van der Waals surface area contributed by atoms with E-state index in [9.17, 15) is 9.59 Å². The van der Waals surface area contributed by atoms with Crippen LogP contribution in [0.1, 0.15) is 24.2 Å². The summed E-state index contributed by atoms with van der Waals surface area (Å²) in [5.41, 5.74) is 6.12. The number of nitrogen functional groups attached to an aromatic ring is 1. The number of esters is 1. The molecule has 0 radical (unpaired) electrons. The molecule has 0 saturated carbocycles. The van der Waals surface area contributed by atoms with Gasteiger partial charge >= 0.3 is 11.9 Å². The number of nitrogens with two attached hydrogens (primary N) is 1. The number of aliphatic carboxylic acids is 1. The van der Waals surface area contributed by atoms with Crippen molar-refractivity contribution in [3.63, 3.8) is 0 Å². The number of hydrogen-bond donors (Lipinski definition) is 2. The number of benzene rings is 1. The van der Waals surface area contributed by atoms with Gasteiger partial charge in [-0.2, -0.15) is 0 Å². The van der Waals surface area contributed by atoms with Gasteiger partial charge in [0, 0.05) is 11.8 Å². The van der Waals surface area contributed by atoms with Crippen LogP contribution < -0.4 is 10.5 Å². The lowest BCUT2D eigenvalue weighted by Crippen LogP contribution is -2.23. The fourth-order valence-electron chi connectivity index (χ4n) is 1.27. The van der Waals surface area contributed by atoms with Crippen molar-refractivity contribution in [2.24, 2.45) is 0 Å². The standard InChI is InChI=1S/C12H15NO5/c1-3-17-10-5-8(4-9(13)6-10)12(16)18-7(2)11(14)15/h4-7H,3,13H2,1-2H3,(H,14,15). The van der Waals surface area contributed by atoms with Gasteiger partial charge in [0.15, 0.2) is 6.10 Å². The van der Waals surface area contributed by atoms with Crippen LogP contribution in [0.25, 0.3) is 0 Å². The molecular formula is C12H15NO5. The third-order valence-electron chi connectivity index (χ3n) is 2.11. The lowest BCUT2D eigenvalue weighted by Gasteiger charge is -2.10. The first-order valence-corrected chi connectivity index (χ1v) is 5.41. The number of ether oxygens (including phenoxy) is 2. The Morgan fingerprint density at radius 2 is 2.06 bits per heavy atom. The smallest absolute Gasteiger partial charge is 0.344 e. The summed E-state index contributed by atoms with van der Waals surface area (Å²) in [7, 11) is 0. The molecule has 0 saturated heterocycles. The molecule has 0 amide bonds. The molecule has 1 unspecified atom stereocenters. The molecule has 1 aromatic carbocycles. The van der Waals surface area contributed by atoms with Crippen molar-refractivity contribution < 1.29 is 24.2 Å². The predicted octanol–water partition coefficient (Wildman–Crippen LogP) is 1.30. The van der Waals surface area contributed by atoms with Crippen LogP contribution in [-0.2, 0) is 9.53 Å². The summed E-state index contributed by atoms with van der Waals surface area (Å²) >= 11 is 0.